The van der Waals surface area contributed by atoms with Crippen LogP contribution >= 0.6 is 10.2 Å². The second-order valence-corrected chi connectivity index (χ2v) is 8.74. The van der Waals surface area contributed by atoms with Crippen molar-refractivity contribution in [2.75, 3.05) is 13.4 Å². The average Bonchev–Trinajstić information content (AvgIpc) is 2.62. The highest BCUT2D eigenvalue weighted by molar-refractivity contribution is 8.45. The Balaban J connectivity index is 2.36. The SMILES string of the molecule is Cc1cc(S(F)(F)(F)(F)F)cc2c1O[C@H](C(F)(F)F)C(C(=O)OCOC(=O)CO[N+](=O)[O-])=C2. The van der Waals surface area contributed by atoms with Crippen molar-refractivity contribution >= 4 is 28.2 Å². The first kappa shape index (κ1) is 25.9. The summed E-state index contributed by atoms with van der Waals surface area (Å²) in [6, 6.07) is -0.268. The first-order chi connectivity index (χ1) is 14.7. The van der Waals surface area contributed by atoms with Crippen molar-refractivity contribution in [1.29, 1.82) is 0 Å². The molecule has 0 spiro atoms. The van der Waals surface area contributed by atoms with Crippen molar-refractivity contribution in [3.05, 3.63) is 38.9 Å². The molecular formula is C15H11F8NO8S. The Morgan fingerprint density at radius 3 is 2.27 bits per heavy atom. The quantitative estimate of drug-likeness (QED) is 0.169. The first-order valence-electron chi connectivity index (χ1n) is 8.13. The normalized spacial score (nSPS) is 18.0. The van der Waals surface area contributed by atoms with Gasteiger partial charge in [-0.15, -0.1) is 10.1 Å². The number of rotatable bonds is 7. The molecule has 33 heavy (non-hydrogen) atoms. The topological polar surface area (TPSA) is 114 Å². The Bertz CT molecular complexity index is 1040. The molecular weight excluding hydrogens is 506 g/mol. The van der Waals surface area contributed by atoms with E-state index in [1.165, 1.54) is 0 Å². The summed E-state index contributed by atoms with van der Waals surface area (Å²) in [7, 11) is -10.2. The van der Waals surface area contributed by atoms with E-state index in [0.29, 0.717) is 0 Å². The summed E-state index contributed by atoms with van der Waals surface area (Å²) in [6.07, 6.45) is -8.14. The fraction of sp³-hybridized carbons (Fsp3) is 0.333. The van der Waals surface area contributed by atoms with E-state index in [2.05, 4.69) is 19.0 Å². The Kier molecular flexibility index (Phi) is 6.00. The lowest BCUT2D eigenvalue weighted by molar-refractivity contribution is -0.754. The molecule has 0 radical (unpaired) electrons. The Labute approximate surface area is 177 Å². The monoisotopic (exact) mass is 517 g/mol. The van der Waals surface area contributed by atoms with E-state index in [-0.39, 0.29) is 18.2 Å². The fourth-order valence-corrected chi connectivity index (χ4v) is 3.22. The second kappa shape index (κ2) is 7.63. The number of halogens is 8. The van der Waals surface area contributed by atoms with E-state index in [9.17, 15) is 52.3 Å². The number of hydrogen-bond donors (Lipinski definition) is 0. The third-order valence-corrected chi connectivity index (χ3v) is 4.91. The number of aryl methyl sites for hydroxylation is 1. The van der Waals surface area contributed by atoms with Gasteiger partial charge in [0.1, 0.15) is 10.6 Å². The van der Waals surface area contributed by atoms with Gasteiger partial charge in [0.2, 0.25) is 12.9 Å². The van der Waals surface area contributed by atoms with Gasteiger partial charge in [-0.05, 0) is 30.7 Å². The number of alkyl halides is 3. The van der Waals surface area contributed by atoms with E-state index in [1.807, 2.05) is 0 Å². The van der Waals surface area contributed by atoms with E-state index in [0.717, 1.165) is 6.92 Å². The zero-order valence-corrected chi connectivity index (χ0v) is 16.7. The Morgan fingerprint density at radius 1 is 1.15 bits per heavy atom. The van der Waals surface area contributed by atoms with E-state index in [4.69, 9.17) is 0 Å². The van der Waals surface area contributed by atoms with Crippen molar-refractivity contribution in [2.45, 2.75) is 24.1 Å². The van der Waals surface area contributed by atoms with Crippen LogP contribution in [0.25, 0.3) is 6.08 Å². The predicted molar refractivity (Wildman–Crippen MR) is 91.0 cm³/mol. The minimum atomic E-state index is -10.2. The minimum Gasteiger partial charge on any atom is -0.475 e. The molecule has 0 bridgehead atoms. The highest BCUT2D eigenvalue weighted by atomic mass is 32.5. The molecule has 0 amide bonds. The molecule has 1 aromatic rings. The number of carbonyl (C=O) groups is 2. The van der Waals surface area contributed by atoms with Gasteiger partial charge in [-0.3, -0.25) is 0 Å². The maximum atomic E-state index is 13.4. The van der Waals surface area contributed by atoms with Crippen molar-refractivity contribution in [1.82, 2.24) is 0 Å². The van der Waals surface area contributed by atoms with Gasteiger partial charge in [-0.2, -0.15) is 13.2 Å². The number of carbonyl (C=O) groups excluding carboxylic acids is 2. The maximum absolute atomic E-state index is 13.4. The van der Waals surface area contributed by atoms with Crippen LogP contribution in [0.4, 0.5) is 32.6 Å². The van der Waals surface area contributed by atoms with Crippen LogP contribution in [0.1, 0.15) is 11.1 Å². The zero-order chi connectivity index (χ0) is 25.5. The summed E-state index contributed by atoms with van der Waals surface area (Å²) in [6.45, 7) is -1.81. The average molecular weight is 517 g/mol. The molecule has 0 aliphatic carbocycles. The molecule has 1 heterocycles. The molecule has 0 unspecified atom stereocenters. The van der Waals surface area contributed by atoms with Gasteiger partial charge in [0, 0.05) is 5.56 Å². The molecule has 1 aliphatic heterocycles. The Morgan fingerprint density at radius 2 is 1.76 bits per heavy atom. The third-order valence-electron chi connectivity index (χ3n) is 3.78. The molecule has 2 rings (SSSR count). The number of benzene rings is 1. The maximum Gasteiger partial charge on any atom is 0.430 e. The van der Waals surface area contributed by atoms with Crippen LogP contribution in [-0.4, -0.2) is 42.7 Å². The molecule has 1 atom stereocenters. The standard InChI is InChI=1S/C15H11F8NO8S/c1-7-2-9(33(19,20,21,22)23)3-8-4-10(13(15(16,17)18)32-12(7)8)14(26)30-6-29-11(25)5-31-24(27)28/h2-4,13H,5-6H2,1H3/t13-/m0/s1. The molecule has 0 saturated carbocycles. The molecule has 0 fully saturated rings. The van der Waals surface area contributed by atoms with E-state index in [1.54, 1.807) is 0 Å². The van der Waals surface area contributed by atoms with Crippen molar-refractivity contribution in [3.8, 4) is 5.75 Å². The van der Waals surface area contributed by atoms with Gasteiger partial charge in [-0.25, -0.2) is 9.59 Å². The van der Waals surface area contributed by atoms with E-state index < -0.39 is 80.3 Å². The number of esters is 2. The second-order valence-electron chi connectivity index (χ2n) is 6.33. The predicted octanol–water partition coefficient (Wildman–Crippen LogP) is 4.61. The van der Waals surface area contributed by atoms with Crippen molar-refractivity contribution in [2.24, 2.45) is 0 Å². The lowest BCUT2D eigenvalue weighted by atomic mass is 9.99. The summed E-state index contributed by atoms with van der Waals surface area (Å²) in [5.41, 5.74) is -3.07. The smallest absolute Gasteiger partial charge is 0.430 e. The lowest BCUT2D eigenvalue weighted by Gasteiger charge is -2.41. The number of nitrogens with zero attached hydrogens (tertiary/aromatic N) is 1. The summed E-state index contributed by atoms with van der Waals surface area (Å²) in [5.74, 6) is -4.17. The van der Waals surface area contributed by atoms with Gasteiger partial charge < -0.3 is 19.0 Å². The van der Waals surface area contributed by atoms with Gasteiger partial charge in [-0.1, -0.05) is 19.4 Å². The lowest BCUT2D eigenvalue weighted by Crippen LogP contribution is -2.41. The van der Waals surface area contributed by atoms with Crippen LogP contribution in [0.5, 0.6) is 5.75 Å². The Hall–Kier alpha value is -3.31. The minimum absolute atomic E-state index is 0.0859. The highest BCUT2D eigenvalue weighted by Gasteiger charge is 2.65. The van der Waals surface area contributed by atoms with Crippen LogP contribution in [-0.2, 0) is 23.9 Å². The molecule has 0 N–H and O–H groups in total. The molecule has 1 aliphatic rings. The highest BCUT2D eigenvalue weighted by Crippen LogP contribution is 3.02. The van der Waals surface area contributed by atoms with Crippen molar-refractivity contribution < 1.29 is 66.3 Å². The van der Waals surface area contributed by atoms with Crippen LogP contribution < -0.4 is 4.74 Å². The van der Waals surface area contributed by atoms with Gasteiger partial charge >= 0.3 is 28.3 Å². The van der Waals surface area contributed by atoms with Gasteiger partial charge in [0.25, 0.3) is 5.09 Å². The molecule has 1 aromatic carbocycles. The molecule has 186 valence electrons. The third kappa shape index (κ3) is 6.59. The number of hydrogen-bond acceptors (Lipinski definition) is 8. The van der Waals surface area contributed by atoms with Crippen LogP contribution in [0, 0.1) is 17.0 Å². The van der Waals surface area contributed by atoms with Crippen LogP contribution in [0.15, 0.2) is 22.6 Å². The van der Waals surface area contributed by atoms with Gasteiger partial charge in [0.15, 0.2) is 6.61 Å². The summed E-state index contributed by atoms with van der Waals surface area (Å²) < 4.78 is 119. The molecule has 0 aromatic heterocycles. The molecule has 0 saturated heterocycles. The number of fused-ring (bicyclic) bond motifs is 1. The van der Waals surface area contributed by atoms with Crippen molar-refractivity contribution in [3.63, 3.8) is 0 Å². The summed E-state index contributed by atoms with van der Waals surface area (Å²) in [4.78, 5) is 34.2. The summed E-state index contributed by atoms with van der Waals surface area (Å²) >= 11 is 0. The van der Waals surface area contributed by atoms with Crippen LogP contribution in [0.2, 0.25) is 0 Å². The zero-order valence-electron chi connectivity index (χ0n) is 15.9. The van der Waals surface area contributed by atoms with Gasteiger partial charge in [0.05, 0.1) is 5.57 Å². The summed E-state index contributed by atoms with van der Waals surface area (Å²) in [5, 5.41) is 8.55. The molecule has 18 heteroatoms. The first-order valence-corrected chi connectivity index (χ1v) is 10.1. The largest absolute Gasteiger partial charge is 0.475 e. The van der Waals surface area contributed by atoms with Crippen LogP contribution in [0.3, 0.4) is 0 Å². The molecule has 9 nitrogen and oxygen atoms in total. The fourth-order valence-electron chi connectivity index (χ4n) is 2.47. The van der Waals surface area contributed by atoms with E-state index >= 15 is 0 Å². The number of ether oxygens (including phenoxy) is 3.